The van der Waals surface area contributed by atoms with Crippen molar-refractivity contribution in [2.45, 2.75) is 19.3 Å². The molecule has 0 bridgehead atoms. The lowest BCUT2D eigenvalue weighted by molar-refractivity contribution is 0.330. The van der Waals surface area contributed by atoms with Gasteiger partial charge in [0.2, 0.25) is 17.2 Å². The van der Waals surface area contributed by atoms with Crippen LogP contribution in [-0.2, 0) is 5.41 Å². The highest BCUT2D eigenvalue weighted by atomic mass is 32.1. The Morgan fingerprint density at radius 1 is 0.571 bits per heavy atom. The first-order chi connectivity index (χ1) is 19.9. The number of hydrogen-bond donors (Lipinski definition) is 9. The fourth-order valence-electron chi connectivity index (χ4n) is 5.33. The summed E-state index contributed by atoms with van der Waals surface area (Å²) in [6.07, 6.45) is 0. The highest BCUT2D eigenvalue weighted by Crippen LogP contribution is 2.61. The van der Waals surface area contributed by atoms with Gasteiger partial charge in [0.15, 0.2) is 45.3 Å². The minimum atomic E-state index is -1.16. The van der Waals surface area contributed by atoms with Crippen molar-refractivity contribution >= 4 is 28.6 Å². The first-order valence-corrected chi connectivity index (χ1v) is 13.2. The Balaban J connectivity index is 1.55. The third-order valence-electron chi connectivity index (χ3n) is 7.47. The van der Waals surface area contributed by atoms with E-state index in [0.717, 1.165) is 11.1 Å². The van der Waals surface area contributed by atoms with Gasteiger partial charge in [0.05, 0.1) is 11.4 Å². The zero-order chi connectivity index (χ0) is 30.2. The van der Waals surface area contributed by atoms with E-state index in [1.807, 2.05) is 38.1 Å². The van der Waals surface area contributed by atoms with Crippen molar-refractivity contribution in [3.05, 3.63) is 59.7 Å². The summed E-state index contributed by atoms with van der Waals surface area (Å²) in [5, 5.41) is 94.6. The predicted molar refractivity (Wildman–Crippen MR) is 153 cm³/mol. The summed E-state index contributed by atoms with van der Waals surface area (Å²) < 4.78 is 3.99. The summed E-state index contributed by atoms with van der Waals surface area (Å²) in [6, 6.07) is 14.7. The number of phenolic OH excluding ortho intramolecular Hbond substituents is 9. The van der Waals surface area contributed by atoms with Crippen molar-refractivity contribution in [2.24, 2.45) is 0 Å². The maximum atomic E-state index is 11.3. The first-order valence-electron chi connectivity index (χ1n) is 12.4. The molecule has 1 aliphatic heterocycles. The highest BCUT2D eigenvalue weighted by molar-refractivity contribution is 7.09. The number of para-hydroxylation sites is 2. The number of phenols is 9. The summed E-state index contributed by atoms with van der Waals surface area (Å²) in [5.74, 6) is -9.27. The molecule has 0 unspecified atom stereocenters. The van der Waals surface area contributed by atoms with E-state index < -0.39 is 74.1 Å². The molecule has 0 radical (unpaired) electrons. The van der Waals surface area contributed by atoms with Crippen LogP contribution in [0.5, 0.6) is 51.7 Å². The van der Waals surface area contributed by atoms with Gasteiger partial charge in [0.1, 0.15) is 16.8 Å². The molecule has 0 amide bonds. The second kappa shape index (κ2) is 8.97. The average molecular weight is 590 g/mol. The summed E-state index contributed by atoms with van der Waals surface area (Å²) >= 11 is 0.511. The van der Waals surface area contributed by atoms with Gasteiger partial charge >= 0.3 is 0 Å². The Morgan fingerprint density at radius 2 is 1.00 bits per heavy atom. The number of hydrogen-bond acceptors (Lipinski definition) is 13. The molecule has 0 spiro atoms. The number of aromatic hydroxyl groups is 9. The van der Waals surface area contributed by atoms with Crippen LogP contribution in [0.2, 0.25) is 0 Å². The average Bonchev–Trinajstić information content (AvgIpc) is 3.45. The molecule has 0 saturated carbocycles. The Morgan fingerprint density at radius 3 is 1.50 bits per heavy atom. The molecule has 214 valence electrons. The first kappa shape index (κ1) is 26.7. The Kier molecular flexibility index (Phi) is 5.69. The standard InChI is InChI=1S/C29H23N3O9S/c1-29(2)11-7-3-5-9-13(11)32(14-10-6-4-8-12(14)29)17-22(37)18(33)15(19(34)23(17)38)27-30-28(42-31-27)16-20(35)24(39)26(41)25(40)21(16)36/h3-10,33-41H,1-2H3. The van der Waals surface area contributed by atoms with E-state index in [-0.39, 0.29) is 10.7 Å². The van der Waals surface area contributed by atoms with Crippen molar-refractivity contribution in [1.82, 2.24) is 9.36 Å². The molecule has 1 aliphatic rings. The molecule has 5 aromatic rings. The van der Waals surface area contributed by atoms with E-state index >= 15 is 0 Å². The van der Waals surface area contributed by atoms with E-state index in [1.165, 1.54) is 4.90 Å². The molecular weight excluding hydrogens is 566 g/mol. The lowest BCUT2D eigenvalue weighted by Crippen LogP contribution is -2.30. The van der Waals surface area contributed by atoms with Crippen LogP contribution in [0.4, 0.5) is 17.1 Å². The van der Waals surface area contributed by atoms with Crippen LogP contribution >= 0.6 is 11.5 Å². The molecule has 1 aromatic heterocycles. The number of nitrogens with zero attached hydrogens (tertiary/aromatic N) is 3. The summed E-state index contributed by atoms with van der Waals surface area (Å²) in [5.41, 5.74) is 0.960. The fraction of sp³-hybridized carbons (Fsp3) is 0.103. The van der Waals surface area contributed by atoms with Crippen molar-refractivity contribution in [1.29, 1.82) is 0 Å². The number of anilines is 3. The fourth-order valence-corrected chi connectivity index (χ4v) is 6.05. The van der Waals surface area contributed by atoms with Gasteiger partial charge in [0, 0.05) is 5.41 Å². The van der Waals surface area contributed by atoms with Crippen molar-refractivity contribution in [3.8, 4) is 73.7 Å². The van der Waals surface area contributed by atoms with Crippen molar-refractivity contribution < 1.29 is 46.0 Å². The maximum Gasteiger partial charge on any atom is 0.208 e. The lowest BCUT2D eigenvalue weighted by atomic mass is 9.73. The van der Waals surface area contributed by atoms with Crippen molar-refractivity contribution in [3.63, 3.8) is 0 Å². The molecule has 0 fully saturated rings. The van der Waals surface area contributed by atoms with Crippen LogP contribution < -0.4 is 4.90 Å². The van der Waals surface area contributed by atoms with E-state index in [2.05, 4.69) is 9.36 Å². The molecule has 13 heteroatoms. The quantitative estimate of drug-likeness (QED) is 0.0965. The smallest absolute Gasteiger partial charge is 0.208 e. The lowest BCUT2D eigenvalue weighted by Gasteiger charge is -2.42. The molecule has 42 heavy (non-hydrogen) atoms. The number of rotatable bonds is 3. The molecule has 9 N–H and O–H groups in total. The van der Waals surface area contributed by atoms with Gasteiger partial charge in [-0.3, -0.25) is 0 Å². The summed E-state index contributed by atoms with van der Waals surface area (Å²) in [6.45, 7) is 4.07. The third kappa shape index (κ3) is 3.46. The second-order valence-electron chi connectivity index (χ2n) is 10.2. The monoisotopic (exact) mass is 589 g/mol. The van der Waals surface area contributed by atoms with Gasteiger partial charge < -0.3 is 50.9 Å². The third-order valence-corrected chi connectivity index (χ3v) is 8.20. The molecule has 0 aliphatic carbocycles. The number of aromatic nitrogens is 2. The Hall–Kier alpha value is -5.56. The number of benzene rings is 4. The molecule has 0 atom stereocenters. The highest BCUT2D eigenvalue weighted by Gasteiger charge is 2.40. The number of fused-ring (bicyclic) bond motifs is 2. The van der Waals surface area contributed by atoms with Crippen LogP contribution in [0.15, 0.2) is 48.5 Å². The molecule has 2 heterocycles. The van der Waals surface area contributed by atoms with Crippen LogP contribution in [0.25, 0.3) is 22.0 Å². The van der Waals surface area contributed by atoms with Gasteiger partial charge in [-0.05, 0) is 34.8 Å². The molecule has 0 saturated heterocycles. The van der Waals surface area contributed by atoms with E-state index in [1.54, 1.807) is 24.3 Å². The zero-order valence-corrected chi connectivity index (χ0v) is 22.7. The SMILES string of the molecule is CC1(C)c2ccccc2N(c2c(O)c(O)c(-c3nsc(-c4c(O)c(O)c(O)c(O)c4O)n3)c(O)c2O)c2ccccc21. The summed E-state index contributed by atoms with van der Waals surface area (Å²) in [7, 11) is 0. The van der Waals surface area contributed by atoms with Crippen LogP contribution in [0, 0.1) is 0 Å². The molecule has 4 aromatic carbocycles. The van der Waals surface area contributed by atoms with Crippen LogP contribution in [0.1, 0.15) is 25.0 Å². The minimum Gasteiger partial charge on any atom is -0.504 e. The van der Waals surface area contributed by atoms with Crippen molar-refractivity contribution in [2.75, 3.05) is 4.90 Å². The second-order valence-corrected chi connectivity index (χ2v) is 10.9. The van der Waals surface area contributed by atoms with E-state index in [4.69, 9.17) is 0 Å². The normalized spacial score (nSPS) is 13.5. The van der Waals surface area contributed by atoms with Gasteiger partial charge in [-0.15, -0.1) is 0 Å². The van der Waals surface area contributed by atoms with Gasteiger partial charge in [-0.1, -0.05) is 50.2 Å². The van der Waals surface area contributed by atoms with Crippen LogP contribution in [-0.4, -0.2) is 55.3 Å². The minimum absolute atomic E-state index is 0.303. The summed E-state index contributed by atoms with van der Waals surface area (Å²) in [4.78, 5) is 5.58. The van der Waals surface area contributed by atoms with E-state index in [9.17, 15) is 46.0 Å². The Labute approximate surface area is 241 Å². The van der Waals surface area contributed by atoms with Gasteiger partial charge in [0.25, 0.3) is 0 Å². The zero-order valence-electron chi connectivity index (χ0n) is 21.9. The van der Waals surface area contributed by atoms with Gasteiger partial charge in [-0.2, -0.15) is 4.37 Å². The predicted octanol–water partition coefficient (Wildman–Crippen LogP) is 5.33. The van der Waals surface area contributed by atoms with Crippen LogP contribution in [0.3, 0.4) is 0 Å². The molecular formula is C29H23N3O9S. The largest absolute Gasteiger partial charge is 0.504 e. The topological polar surface area (TPSA) is 211 Å². The molecule has 12 nitrogen and oxygen atoms in total. The van der Waals surface area contributed by atoms with E-state index in [0.29, 0.717) is 22.9 Å². The molecule has 6 rings (SSSR count). The van der Waals surface area contributed by atoms with Gasteiger partial charge in [-0.25, -0.2) is 4.98 Å². The Bertz CT molecular complexity index is 1830. The maximum absolute atomic E-state index is 11.3.